The van der Waals surface area contributed by atoms with Crippen LogP contribution in [-0.2, 0) is 23.5 Å². The number of carbonyl (C=O) groups is 1. The van der Waals surface area contributed by atoms with Gasteiger partial charge in [-0.15, -0.1) is 0 Å². The van der Waals surface area contributed by atoms with Gasteiger partial charge in [-0.2, -0.15) is 0 Å². The lowest BCUT2D eigenvalue weighted by atomic mass is 9.89. The predicted octanol–water partition coefficient (Wildman–Crippen LogP) is 3.94. The van der Waals surface area contributed by atoms with Crippen LogP contribution in [0.1, 0.15) is 35.5 Å². The summed E-state index contributed by atoms with van der Waals surface area (Å²) in [6, 6.07) is 19.8. The molecule has 1 fully saturated rings. The molecule has 0 radical (unpaired) electrons. The number of likely N-dealkylation sites (N-methyl/N-ethyl adjacent to an activating group) is 1. The molecule has 166 valence electrons. The molecule has 4 rings (SSSR count). The van der Waals surface area contributed by atoms with E-state index >= 15 is 0 Å². The van der Waals surface area contributed by atoms with E-state index in [1.54, 1.807) is 11.1 Å². The Morgan fingerprint density at radius 1 is 1.12 bits per heavy atom. The van der Waals surface area contributed by atoms with Gasteiger partial charge in [-0.05, 0) is 68.3 Å². The van der Waals surface area contributed by atoms with E-state index in [9.17, 15) is 4.79 Å². The number of hydrogen-bond donors (Lipinski definition) is 0. The van der Waals surface area contributed by atoms with Gasteiger partial charge in [0.2, 0.25) is 5.91 Å². The molecule has 1 saturated heterocycles. The number of pyridine rings is 2. The van der Waals surface area contributed by atoms with Gasteiger partial charge in [0.1, 0.15) is 17.9 Å². The summed E-state index contributed by atoms with van der Waals surface area (Å²) in [7, 11) is 3.64. The van der Waals surface area contributed by atoms with Crippen molar-refractivity contribution in [1.82, 2.24) is 19.8 Å². The van der Waals surface area contributed by atoms with Crippen molar-refractivity contribution in [2.75, 3.05) is 20.6 Å². The summed E-state index contributed by atoms with van der Waals surface area (Å²) >= 11 is 0. The smallest absolute Gasteiger partial charge is 0.248 e. The Labute approximate surface area is 189 Å². The molecule has 1 aliphatic heterocycles. The van der Waals surface area contributed by atoms with Crippen LogP contribution < -0.4 is 4.74 Å². The minimum absolute atomic E-state index is 0.0793. The zero-order valence-corrected chi connectivity index (χ0v) is 19.0. The molecule has 0 N–H and O–H groups in total. The summed E-state index contributed by atoms with van der Waals surface area (Å²) in [5, 5.41) is 0. The largest absolute Gasteiger partial charge is 0.487 e. The van der Waals surface area contributed by atoms with Gasteiger partial charge in [-0.1, -0.05) is 24.3 Å². The molecular formula is C26H30N4O2. The van der Waals surface area contributed by atoms with Crippen molar-refractivity contribution in [3.05, 3.63) is 89.5 Å². The third kappa shape index (κ3) is 4.50. The first-order valence-electron chi connectivity index (χ1n) is 11.0. The Morgan fingerprint density at radius 2 is 1.97 bits per heavy atom. The van der Waals surface area contributed by atoms with Crippen molar-refractivity contribution in [1.29, 1.82) is 0 Å². The number of likely N-dealkylation sites (tertiary alicyclic amines) is 1. The quantitative estimate of drug-likeness (QED) is 0.568. The predicted molar refractivity (Wildman–Crippen MR) is 124 cm³/mol. The number of hydrogen-bond acceptors (Lipinski definition) is 5. The summed E-state index contributed by atoms with van der Waals surface area (Å²) in [5.41, 5.74) is 2.99. The molecule has 1 amide bonds. The monoisotopic (exact) mass is 430 g/mol. The fourth-order valence-corrected chi connectivity index (χ4v) is 4.47. The van der Waals surface area contributed by atoms with E-state index in [-0.39, 0.29) is 5.91 Å². The van der Waals surface area contributed by atoms with Crippen LogP contribution in [0.5, 0.6) is 5.75 Å². The van der Waals surface area contributed by atoms with E-state index < -0.39 is 5.54 Å². The third-order valence-electron chi connectivity index (χ3n) is 5.96. The third-order valence-corrected chi connectivity index (χ3v) is 5.96. The highest BCUT2D eigenvalue weighted by Crippen LogP contribution is 2.40. The maximum absolute atomic E-state index is 13.5. The SMILES string of the molecule is Cc1cccc(C2(C(=O)N(C)C)CCCN2Cc2cccc(OCc3ccccn3)c2)n1. The molecule has 2 aromatic heterocycles. The van der Waals surface area contributed by atoms with E-state index in [0.717, 1.165) is 47.8 Å². The summed E-state index contributed by atoms with van der Waals surface area (Å²) in [4.78, 5) is 26.6. The van der Waals surface area contributed by atoms with Gasteiger partial charge < -0.3 is 9.64 Å². The van der Waals surface area contributed by atoms with E-state index in [0.29, 0.717) is 13.2 Å². The van der Waals surface area contributed by atoms with Crippen LogP contribution in [0.15, 0.2) is 66.9 Å². The summed E-state index contributed by atoms with van der Waals surface area (Å²) < 4.78 is 5.97. The second kappa shape index (κ2) is 9.49. The number of amides is 1. The van der Waals surface area contributed by atoms with Gasteiger partial charge >= 0.3 is 0 Å². The zero-order chi connectivity index (χ0) is 22.6. The Bertz CT molecular complexity index is 1070. The Kier molecular flexibility index (Phi) is 6.51. The minimum atomic E-state index is -0.750. The average molecular weight is 431 g/mol. The molecule has 3 aromatic rings. The fourth-order valence-electron chi connectivity index (χ4n) is 4.47. The van der Waals surface area contributed by atoms with Crippen LogP contribution in [0.25, 0.3) is 0 Å². The first-order chi connectivity index (χ1) is 15.5. The second-order valence-corrected chi connectivity index (χ2v) is 8.51. The number of ether oxygens (including phenoxy) is 1. The summed E-state index contributed by atoms with van der Waals surface area (Å²) in [6.07, 6.45) is 3.48. The fraction of sp³-hybridized carbons (Fsp3) is 0.346. The molecule has 0 saturated carbocycles. The van der Waals surface area contributed by atoms with Gasteiger partial charge in [-0.25, -0.2) is 0 Å². The lowest BCUT2D eigenvalue weighted by molar-refractivity contribution is -0.141. The highest BCUT2D eigenvalue weighted by molar-refractivity contribution is 5.87. The highest BCUT2D eigenvalue weighted by Gasteiger charge is 2.50. The maximum atomic E-state index is 13.5. The molecule has 1 atom stereocenters. The normalized spacial score (nSPS) is 18.5. The van der Waals surface area contributed by atoms with Crippen LogP contribution in [0.3, 0.4) is 0 Å². The Morgan fingerprint density at radius 3 is 2.72 bits per heavy atom. The lowest BCUT2D eigenvalue weighted by Gasteiger charge is -2.38. The first kappa shape index (κ1) is 22.0. The summed E-state index contributed by atoms with van der Waals surface area (Å²) in [5.74, 6) is 0.876. The minimum Gasteiger partial charge on any atom is -0.487 e. The van der Waals surface area contributed by atoms with Gasteiger partial charge in [0.15, 0.2) is 0 Å². The second-order valence-electron chi connectivity index (χ2n) is 8.51. The van der Waals surface area contributed by atoms with E-state index in [2.05, 4.69) is 22.0 Å². The van der Waals surface area contributed by atoms with Gasteiger partial charge in [0.05, 0.1) is 11.4 Å². The number of carbonyl (C=O) groups excluding carboxylic acids is 1. The number of aryl methyl sites for hydroxylation is 1. The number of aromatic nitrogens is 2. The standard InChI is InChI=1S/C26H30N4O2/c1-20-9-6-13-24(28-20)26(25(31)29(2)3)14-8-16-30(26)18-21-10-7-12-23(17-21)32-19-22-11-4-5-15-27-22/h4-7,9-13,15,17H,8,14,16,18-19H2,1-3H3. The first-order valence-corrected chi connectivity index (χ1v) is 11.0. The molecule has 32 heavy (non-hydrogen) atoms. The molecule has 6 nitrogen and oxygen atoms in total. The van der Waals surface area contributed by atoms with Crippen molar-refractivity contribution >= 4 is 5.91 Å². The maximum Gasteiger partial charge on any atom is 0.248 e. The van der Waals surface area contributed by atoms with Crippen LogP contribution in [0.2, 0.25) is 0 Å². The van der Waals surface area contributed by atoms with E-state index in [1.165, 1.54) is 0 Å². The van der Waals surface area contributed by atoms with Gasteiger partial charge in [0, 0.05) is 32.5 Å². The van der Waals surface area contributed by atoms with Crippen molar-refractivity contribution in [3.8, 4) is 5.75 Å². The Balaban J connectivity index is 1.59. The Hall–Kier alpha value is -3.25. The lowest BCUT2D eigenvalue weighted by Crippen LogP contribution is -2.52. The number of rotatable bonds is 7. The van der Waals surface area contributed by atoms with Crippen LogP contribution in [0.4, 0.5) is 0 Å². The summed E-state index contributed by atoms with van der Waals surface area (Å²) in [6.45, 7) is 3.88. The molecule has 6 heteroatoms. The molecular weight excluding hydrogens is 400 g/mol. The zero-order valence-electron chi connectivity index (χ0n) is 19.0. The molecule has 1 unspecified atom stereocenters. The van der Waals surface area contributed by atoms with Crippen molar-refractivity contribution in [2.24, 2.45) is 0 Å². The molecule has 0 bridgehead atoms. The highest BCUT2D eigenvalue weighted by atomic mass is 16.5. The van der Waals surface area contributed by atoms with Crippen molar-refractivity contribution in [3.63, 3.8) is 0 Å². The number of benzene rings is 1. The molecule has 0 spiro atoms. The number of nitrogens with zero attached hydrogens (tertiary/aromatic N) is 4. The molecule has 0 aliphatic carbocycles. The van der Waals surface area contributed by atoms with Crippen molar-refractivity contribution in [2.45, 2.75) is 38.5 Å². The van der Waals surface area contributed by atoms with E-state index in [4.69, 9.17) is 9.72 Å². The van der Waals surface area contributed by atoms with Gasteiger partial charge in [-0.3, -0.25) is 19.7 Å². The molecule has 1 aliphatic rings. The van der Waals surface area contributed by atoms with E-state index in [1.807, 2.05) is 69.6 Å². The average Bonchev–Trinajstić information content (AvgIpc) is 3.22. The van der Waals surface area contributed by atoms with Crippen LogP contribution >= 0.6 is 0 Å². The van der Waals surface area contributed by atoms with Gasteiger partial charge in [0.25, 0.3) is 0 Å². The topological polar surface area (TPSA) is 58.6 Å². The molecule has 3 heterocycles. The molecule has 1 aromatic carbocycles. The van der Waals surface area contributed by atoms with Crippen LogP contribution in [-0.4, -0.2) is 46.3 Å². The van der Waals surface area contributed by atoms with Crippen molar-refractivity contribution < 1.29 is 9.53 Å². The van der Waals surface area contributed by atoms with Crippen LogP contribution in [0, 0.1) is 6.92 Å².